The Morgan fingerprint density at radius 3 is 2.04 bits per heavy atom. The van der Waals surface area contributed by atoms with E-state index in [1.807, 2.05) is 49.4 Å². The molecule has 0 aromatic heterocycles. The second-order valence-corrected chi connectivity index (χ2v) is 7.48. The molecule has 0 radical (unpaired) electrons. The molecule has 0 spiro atoms. The second-order valence-electron chi connectivity index (χ2n) is 7.05. The van der Waals surface area contributed by atoms with Crippen molar-refractivity contribution in [2.24, 2.45) is 0 Å². The van der Waals surface area contributed by atoms with E-state index in [0.717, 1.165) is 22.3 Å². The van der Waals surface area contributed by atoms with Gasteiger partial charge >= 0.3 is 0 Å². The first-order chi connectivity index (χ1) is 13.5. The highest BCUT2D eigenvalue weighted by Crippen LogP contribution is 2.34. The van der Waals surface area contributed by atoms with Gasteiger partial charge in [0.15, 0.2) is 0 Å². The van der Waals surface area contributed by atoms with Gasteiger partial charge in [-0.15, -0.1) is 0 Å². The van der Waals surface area contributed by atoms with Crippen LogP contribution in [0.5, 0.6) is 0 Å². The highest BCUT2D eigenvalue weighted by molar-refractivity contribution is 6.30. The molecular weight excluding hydrogens is 378 g/mol. The van der Waals surface area contributed by atoms with Gasteiger partial charge in [0.05, 0.1) is 20.2 Å². The molecule has 2 aliphatic heterocycles. The third-order valence-corrected chi connectivity index (χ3v) is 5.69. The van der Waals surface area contributed by atoms with Crippen LogP contribution in [0.25, 0.3) is 11.1 Å². The lowest BCUT2D eigenvalue weighted by Crippen LogP contribution is -2.41. The molecule has 0 unspecified atom stereocenters. The van der Waals surface area contributed by atoms with Crippen LogP contribution < -0.4 is 0 Å². The van der Waals surface area contributed by atoms with Crippen LogP contribution in [0.4, 0.5) is 0 Å². The summed E-state index contributed by atoms with van der Waals surface area (Å²) in [6.07, 6.45) is 0. The summed E-state index contributed by atoms with van der Waals surface area (Å²) in [5.41, 5.74) is 3.65. The van der Waals surface area contributed by atoms with Crippen LogP contribution >= 0.6 is 11.6 Å². The van der Waals surface area contributed by atoms with Crippen molar-refractivity contribution in [2.45, 2.75) is 12.8 Å². The van der Waals surface area contributed by atoms with E-state index in [-0.39, 0.29) is 11.8 Å². The summed E-state index contributed by atoms with van der Waals surface area (Å²) in [5, 5.41) is 5.57. The number of carbonyl (C=O) groups is 2. The van der Waals surface area contributed by atoms with E-state index in [9.17, 15) is 9.59 Å². The average Bonchev–Trinajstić information content (AvgIpc) is 2.85. The third-order valence-electron chi connectivity index (χ3n) is 5.44. The largest absolute Gasteiger partial charge is 0.302 e. The number of aryl methyl sites for hydroxylation is 1. The van der Waals surface area contributed by atoms with Crippen LogP contribution in [0.3, 0.4) is 0 Å². The number of hydrazine groups is 1. The predicted octanol–water partition coefficient (Wildman–Crippen LogP) is 2.86. The summed E-state index contributed by atoms with van der Waals surface area (Å²) in [6, 6.07) is 13.5. The van der Waals surface area contributed by atoms with Gasteiger partial charge in [-0.05, 0) is 47.4 Å². The summed E-state index contributed by atoms with van der Waals surface area (Å²) in [5.74, 6) is -1.13. The molecule has 4 rings (SSSR count). The lowest BCUT2D eigenvalue weighted by Gasteiger charge is -2.23. The molecule has 2 fully saturated rings. The molecule has 2 aromatic rings. The third kappa shape index (κ3) is 3.28. The summed E-state index contributed by atoms with van der Waals surface area (Å²) >= 11 is 5.99. The molecule has 2 aromatic carbocycles. The summed E-state index contributed by atoms with van der Waals surface area (Å²) in [6.45, 7) is 3.95. The minimum Gasteiger partial charge on any atom is -0.302 e. The lowest BCUT2D eigenvalue weighted by atomic mass is 9.90. The van der Waals surface area contributed by atoms with E-state index in [1.54, 1.807) is 22.2 Å². The van der Waals surface area contributed by atoms with Crippen LogP contribution in [0.1, 0.15) is 17.0 Å². The highest BCUT2D eigenvalue weighted by Gasteiger charge is 2.47. The number of fused-ring (bicyclic) bond motifs is 1. The van der Waals surface area contributed by atoms with Gasteiger partial charge in [-0.2, -0.15) is 5.06 Å². The Bertz CT molecular complexity index is 890. The summed E-state index contributed by atoms with van der Waals surface area (Å²) in [7, 11) is 1.60. The van der Waals surface area contributed by atoms with E-state index in [1.165, 1.54) is 0 Å². The molecule has 28 heavy (non-hydrogen) atoms. The number of amides is 2. The Morgan fingerprint density at radius 2 is 1.46 bits per heavy atom. The molecule has 0 aliphatic carbocycles. The number of nitrogens with zero attached hydrogens (tertiary/aromatic N) is 3. The summed E-state index contributed by atoms with van der Waals surface area (Å²) < 4.78 is 0. The number of halogens is 1. The van der Waals surface area contributed by atoms with E-state index in [0.29, 0.717) is 31.2 Å². The van der Waals surface area contributed by atoms with Crippen molar-refractivity contribution in [2.75, 3.05) is 33.3 Å². The van der Waals surface area contributed by atoms with Crippen molar-refractivity contribution in [1.82, 2.24) is 15.1 Å². The monoisotopic (exact) mass is 399 g/mol. The fraction of sp³-hybridized carbons (Fsp3) is 0.333. The normalized spacial score (nSPS) is 18.5. The van der Waals surface area contributed by atoms with Crippen LogP contribution in [0, 0.1) is 6.92 Å². The van der Waals surface area contributed by atoms with Crippen molar-refractivity contribution in [3.63, 3.8) is 0 Å². The van der Waals surface area contributed by atoms with E-state index < -0.39 is 5.92 Å². The molecule has 2 saturated heterocycles. The zero-order valence-electron chi connectivity index (χ0n) is 15.9. The molecular formula is C21H22ClN3O3. The van der Waals surface area contributed by atoms with E-state index in [4.69, 9.17) is 16.4 Å². The van der Waals surface area contributed by atoms with Gasteiger partial charge in [-0.25, -0.2) is 10.0 Å². The van der Waals surface area contributed by atoms with Gasteiger partial charge in [0.2, 0.25) is 0 Å². The Kier molecular flexibility index (Phi) is 5.10. The lowest BCUT2D eigenvalue weighted by molar-refractivity contribution is -0.145. The minimum absolute atomic E-state index is 0.167. The van der Waals surface area contributed by atoms with E-state index >= 15 is 0 Å². The van der Waals surface area contributed by atoms with Gasteiger partial charge in [0, 0.05) is 18.1 Å². The molecule has 6 nitrogen and oxygen atoms in total. The first kappa shape index (κ1) is 18.9. The molecule has 0 bridgehead atoms. The smallest absolute Gasteiger partial charge is 0.258 e. The molecule has 2 aliphatic rings. The number of carbonyl (C=O) groups excluding carboxylic acids is 2. The predicted molar refractivity (Wildman–Crippen MR) is 106 cm³/mol. The standard InChI is InChI=1S/C21H22ClN3O3/c1-14-3-4-16(15-5-7-17(22)8-6-15)13-18(14)19-20(26)24-11-9-23(28-2)10-12-25(24)21(19)27/h3-8,13,19H,9-12H2,1-2H3. The Hall–Kier alpha value is -2.41. The van der Waals surface area contributed by atoms with Crippen LogP contribution in [0.2, 0.25) is 5.02 Å². The molecule has 146 valence electrons. The van der Waals surface area contributed by atoms with Gasteiger partial charge in [-0.3, -0.25) is 9.59 Å². The first-order valence-electron chi connectivity index (χ1n) is 9.28. The van der Waals surface area contributed by atoms with Crippen molar-refractivity contribution in [3.05, 3.63) is 58.6 Å². The number of hydrogen-bond donors (Lipinski definition) is 0. The van der Waals surface area contributed by atoms with Crippen molar-refractivity contribution < 1.29 is 14.4 Å². The maximum atomic E-state index is 13.1. The average molecular weight is 400 g/mol. The maximum Gasteiger partial charge on any atom is 0.258 e. The minimum atomic E-state index is -0.790. The second kappa shape index (κ2) is 7.54. The molecule has 2 amide bonds. The molecule has 0 atom stereocenters. The Labute approximate surface area is 169 Å². The number of hydroxylamine groups is 2. The van der Waals surface area contributed by atoms with Crippen molar-refractivity contribution in [3.8, 4) is 11.1 Å². The molecule has 2 heterocycles. The van der Waals surface area contributed by atoms with Crippen molar-refractivity contribution in [1.29, 1.82) is 0 Å². The number of benzene rings is 2. The zero-order chi connectivity index (χ0) is 19.8. The van der Waals surface area contributed by atoms with Crippen molar-refractivity contribution >= 4 is 23.4 Å². The summed E-state index contributed by atoms with van der Waals surface area (Å²) in [4.78, 5) is 31.5. The van der Waals surface area contributed by atoms with Gasteiger partial charge in [0.1, 0.15) is 5.92 Å². The van der Waals surface area contributed by atoms with Gasteiger partial charge in [-0.1, -0.05) is 35.9 Å². The molecule has 0 saturated carbocycles. The van der Waals surface area contributed by atoms with Gasteiger partial charge < -0.3 is 4.84 Å². The quantitative estimate of drug-likeness (QED) is 0.745. The fourth-order valence-electron chi connectivity index (χ4n) is 3.85. The first-order valence-corrected chi connectivity index (χ1v) is 9.65. The number of rotatable bonds is 3. The Morgan fingerprint density at radius 1 is 0.893 bits per heavy atom. The topological polar surface area (TPSA) is 53.1 Å². The van der Waals surface area contributed by atoms with Gasteiger partial charge in [0.25, 0.3) is 11.8 Å². The highest BCUT2D eigenvalue weighted by atomic mass is 35.5. The maximum absolute atomic E-state index is 13.1. The van der Waals surface area contributed by atoms with E-state index in [2.05, 4.69) is 0 Å². The number of hydrogen-bond acceptors (Lipinski definition) is 4. The van der Waals surface area contributed by atoms with Crippen LogP contribution in [-0.4, -0.2) is 60.2 Å². The SMILES string of the molecule is CON1CCN2C(=O)C(c3cc(-c4ccc(Cl)cc4)ccc3C)C(=O)N2CC1. The zero-order valence-corrected chi connectivity index (χ0v) is 16.6. The molecule has 0 N–H and O–H groups in total. The molecule has 7 heteroatoms. The fourth-order valence-corrected chi connectivity index (χ4v) is 3.98. The Balaban J connectivity index is 1.67. The van der Waals surface area contributed by atoms with Crippen LogP contribution in [0.15, 0.2) is 42.5 Å². The van der Waals surface area contributed by atoms with Crippen LogP contribution in [-0.2, 0) is 14.4 Å².